The molecule has 0 saturated heterocycles. The van der Waals surface area contributed by atoms with Gasteiger partial charge in [-0.15, -0.1) is 0 Å². The first-order valence-electron chi connectivity index (χ1n) is 8.12. The molecule has 120 valence electrons. The van der Waals surface area contributed by atoms with Crippen molar-refractivity contribution in [3.63, 3.8) is 0 Å². The van der Waals surface area contributed by atoms with Crippen molar-refractivity contribution in [1.82, 2.24) is 10.2 Å². The molecule has 0 fully saturated rings. The fraction of sp³-hybridized carbons (Fsp3) is 0.938. The lowest BCUT2D eigenvalue weighted by atomic mass is 10.0. The van der Waals surface area contributed by atoms with E-state index in [0.717, 1.165) is 38.1 Å². The molecule has 0 aromatic heterocycles. The van der Waals surface area contributed by atoms with E-state index in [9.17, 15) is 4.79 Å². The first-order valence-corrected chi connectivity index (χ1v) is 8.12. The molecule has 4 nitrogen and oxygen atoms in total. The fourth-order valence-corrected chi connectivity index (χ4v) is 2.22. The Balaban J connectivity index is 3.91. The summed E-state index contributed by atoms with van der Waals surface area (Å²) in [6.07, 6.45) is 5.59. The standard InChI is InChI=1S/C16H34N2O2/c1-5-6-10-18(11-12-19)13-16(20)17-15(4)9-7-8-14(2)3/h14-15,19H,5-13H2,1-4H3,(H,17,20). The summed E-state index contributed by atoms with van der Waals surface area (Å²) < 4.78 is 0. The normalized spacial score (nSPS) is 12.9. The van der Waals surface area contributed by atoms with E-state index in [4.69, 9.17) is 5.11 Å². The van der Waals surface area contributed by atoms with Crippen LogP contribution in [0.3, 0.4) is 0 Å². The topological polar surface area (TPSA) is 52.6 Å². The number of aliphatic hydroxyl groups is 1. The fourth-order valence-electron chi connectivity index (χ4n) is 2.22. The minimum Gasteiger partial charge on any atom is -0.395 e. The number of aliphatic hydroxyl groups excluding tert-OH is 1. The van der Waals surface area contributed by atoms with Crippen LogP contribution < -0.4 is 5.32 Å². The van der Waals surface area contributed by atoms with Gasteiger partial charge in [-0.3, -0.25) is 9.69 Å². The van der Waals surface area contributed by atoms with Gasteiger partial charge < -0.3 is 10.4 Å². The van der Waals surface area contributed by atoms with Crippen LogP contribution in [-0.4, -0.2) is 48.2 Å². The molecule has 0 heterocycles. The van der Waals surface area contributed by atoms with Gasteiger partial charge in [-0.1, -0.05) is 40.0 Å². The molecule has 0 spiro atoms. The molecular weight excluding hydrogens is 252 g/mol. The lowest BCUT2D eigenvalue weighted by molar-refractivity contribution is -0.123. The summed E-state index contributed by atoms with van der Waals surface area (Å²) in [4.78, 5) is 14.0. The van der Waals surface area contributed by atoms with Crippen molar-refractivity contribution in [1.29, 1.82) is 0 Å². The van der Waals surface area contributed by atoms with Crippen molar-refractivity contribution in [2.24, 2.45) is 5.92 Å². The summed E-state index contributed by atoms with van der Waals surface area (Å²) >= 11 is 0. The van der Waals surface area contributed by atoms with Crippen LogP contribution >= 0.6 is 0 Å². The maximum Gasteiger partial charge on any atom is 0.234 e. The van der Waals surface area contributed by atoms with Gasteiger partial charge in [0.25, 0.3) is 0 Å². The summed E-state index contributed by atoms with van der Waals surface area (Å²) in [5, 5.41) is 12.1. The lowest BCUT2D eigenvalue weighted by Gasteiger charge is -2.22. The van der Waals surface area contributed by atoms with Gasteiger partial charge in [0.05, 0.1) is 13.2 Å². The molecular formula is C16H34N2O2. The minimum absolute atomic E-state index is 0.0756. The van der Waals surface area contributed by atoms with E-state index in [-0.39, 0.29) is 18.6 Å². The Hall–Kier alpha value is -0.610. The molecule has 1 amide bonds. The average molecular weight is 286 g/mol. The number of nitrogens with zero attached hydrogens (tertiary/aromatic N) is 1. The maximum atomic E-state index is 12.0. The highest BCUT2D eigenvalue weighted by Gasteiger charge is 2.12. The van der Waals surface area contributed by atoms with Crippen LogP contribution in [0.2, 0.25) is 0 Å². The largest absolute Gasteiger partial charge is 0.395 e. The summed E-state index contributed by atoms with van der Waals surface area (Å²) in [6.45, 7) is 10.6. The van der Waals surface area contributed by atoms with E-state index < -0.39 is 0 Å². The highest BCUT2D eigenvalue weighted by atomic mass is 16.3. The van der Waals surface area contributed by atoms with Gasteiger partial charge in [0.1, 0.15) is 0 Å². The number of carbonyl (C=O) groups excluding carboxylic acids is 1. The van der Waals surface area contributed by atoms with Gasteiger partial charge in [0.2, 0.25) is 5.91 Å². The van der Waals surface area contributed by atoms with E-state index in [2.05, 4.69) is 33.0 Å². The first kappa shape index (κ1) is 19.4. The molecule has 2 N–H and O–H groups in total. The Morgan fingerprint density at radius 2 is 1.85 bits per heavy atom. The van der Waals surface area contributed by atoms with E-state index in [0.29, 0.717) is 13.1 Å². The van der Waals surface area contributed by atoms with Gasteiger partial charge in [0.15, 0.2) is 0 Å². The van der Waals surface area contributed by atoms with E-state index in [1.807, 2.05) is 4.90 Å². The molecule has 0 aromatic rings. The molecule has 1 atom stereocenters. The number of unbranched alkanes of at least 4 members (excludes halogenated alkanes) is 1. The molecule has 0 radical (unpaired) electrons. The Morgan fingerprint density at radius 3 is 2.40 bits per heavy atom. The third-order valence-corrected chi connectivity index (χ3v) is 3.44. The highest BCUT2D eigenvalue weighted by molar-refractivity contribution is 5.78. The van der Waals surface area contributed by atoms with Crippen molar-refractivity contribution in [2.75, 3.05) is 26.2 Å². The molecule has 0 bridgehead atoms. The quantitative estimate of drug-likeness (QED) is 0.579. The predicted molar refractivity (Wildman–Crippen MR) is 84.7 cm³/mol. The van der Waals surface area contributed by atoms with Crippen molar-refractivity contribution < 1.29 is 9.90 Å². The van der Waals surface area contributed by atoms with Gasteiger partial charge >= 0.3 is 0 Å². The summed E-state index contributed by atoms with van der Waals surface area (Å²) in [5.41, 5.74) is 0. The third kappa shape index (κ3) is 11.2. The SMILES string of the molecule is CCCCN(CCO)CC(=O)NC(C)CCCC(C)C. The number of amides is 1. The zero-order valence-corrected chi connectivity index (χ0v) is 13.8. The monoisotopic (exact) mass is 286 g/mol. The second-order valence-corrected chi connectivity index (χ2v) is 6.15. The molecule has 0 aliphatic rings. The second kappa shape index (κ2) is 12.2. The van der Waals surface area contributed by atoms with Crippen LogP contribution in [0.15, 0.2) is 0 Å². The van der Waals surface area contributed by atoms with Crippen LogP contribution in [0, 0.1) is 5.92 Å². The van der Waals surface area contributed by atoms with Crippen molar-refractivity contribution in [3.05, 3.63) is 0 Å². The lowest BCUT2D eigenvalue weighted by Crippen LogP contribution is -2.42. The van der Waals surface area contributed by atoms with Crippen molar-refractivity contribution in [3.8, 4) is 0 Å². The van der Waals surface area contributed by atoms with E-state index >= 15 is 0 Å². The average Bonchev–Trinajstić information content (AvgIpc) is 2.35. The van der Waals surface area contributed by atoms with Crippen molar-refractivity contribution in [2.45, 2.75) is 65.8 Å². The summed E-state index contributed by atoms with van der Waals surface area (Å²) in [6, 6.07) is 0.239. The summed E-state index contributed by atoms with van der Waals surface area (Å²) in [7, 11) is 0. The Labute approximate surface area is 124 Å². The van der Waals surface area contributed by atoms with Crippen LogP contribution in [0.1, 0.15) is 59.8 Å². The van der Waals surface area contributed by atoms with Crippen LogP contribution in [0.4, 0.5) is 0 Å². The van der Waals surface area contributed by atoms with Crippen LogP contribution in [-0.2, 0) is 4.79 Å². The van der Waals surface area contributed by atoms with Gasteiger partial charge in [0, 0.05) is 12.6 Å². The Morgan fingerprint density at radius 1 is 1.15 bits per heavy atom. The van der Waals surface area contributed by atoms with Crippen molar-refractivity contribution >= 4 is 5.91 Å². The van der Waals surface area contributed by atoms with Gasteiger partial charge in [-0.2, -0.15) is 0 Å². The summed E-state index contributed by atoms with van der Waals surface area (Å²) in [5.74, 6) is 0.804. The van der Waals surface area contributed by atoms with Crippen LogP contribution in [0.5, 0.6) is 0 Å². The minimum atomic E-state index is 0.0756. The molecule has 0 aliphatic carbocycles. The molecule has 1 unspecified atom stereocenters. The second-order valence-electron chi connectivity index (χ2n) is 6.15. The Kier molecular flexibility index (Phi) is 11.8. The van der Waals surface area contributed by atoms with Crippen LogP contribution in [0.25, 0.3) is 0 Å². The first-order chi connectivity index (χ1) is 9.49. The molecule has 20 heavy (non-hydrogen) atoms. The number of rotatable bonds is 12. The molecule has 4 heteroatoms. The molecule has 0 aliphatic heterocycles. The number of hydrogen-bond donors (Lipinski definition) is 2. The molecule has 0 aromatic carbocycles. The van der Waals surface area contributed by atoms with Gasteiger partial charge in [-0.25, -0.2) is 0 Å². The maximum absolute atomic E-state index is 12.0. The van der Waals surface area contributed by atoms with Gasteiger partial charge in [-0.05, 0) is 32.2 Å². The number of carbonyl (C=O) groups is 1. The predicted octanol–water partition coefficient (Wildman–Crippen LogP) is 2.41. The Bertz CT molecular complexity index is 245. The smallest absolute Gasteiger partial charge is 0.234 e. The van der Waals surface area contributed by atoms with E-state index in [1.165, 1.54) is 6.42 Å². The number of nitrogens with one attached hydrogen (secondary N) is 1. The van der Waals surface area contributed by atoms with E-state index in [1.54, 1.807) is 0 Å². The highest BCUT2D eigenvalue weighted by Crippen LogP contribution is 2.08. The molecule has 0 rings (SSSR count). The number of hydrogen-bond acceptors (Lipinski definition) is 3. The molecule has 0 saturated carbocycles. The zero-order chi connectivity index (χ0) is 15.4. The third-order valence-electron chi connectivity index (χ3n) is 3.44. The zero-order valence-electron chi connectivity index (χ0n) is 13.8.